The van der Waals surface area contributed by atoms with Crippen molar-refractivity contribution < 1.29 is 0 Å². The molecule has 0 amide bonds. The molecule has 0 aliphatic heterocycles. The molecule has 16 heavy (non-hydrogen) atoms. The van der Waals surface area contributed by atoms with Crippen LogP contribution in [-0.4, -0.2) is 14.8 Å². The lowest BCUT2D eigenvalue weighted by molar-refractivity contribution is 0.822. The minimum Gasteiger partial charge on any atom is -0.217 e. The van der Waals surface area contributed by atoms with Crippen molar-refractivity contribution in [3.05, 3.63) is 41.0 Å². The van der Waals surface area contributed by atoms with Gasteiger partial charge in [-0.3, -0.25) is 0 Å². The molecule has 0 spiro atoms. The van der Waals surface area contributed by atoms with Crippen LogP contribution < -0.4 is 0 Å². The van der Waals surface area contributed by atoms with E-state index in [1.807, 2.05) is 32.9 Å². The maximum absolute atomic E-state index is 9.09. The highest BCUT2D eigenvalue weighted by atomic mass is 15.3. The Balaban J connectivity index is 2.73. The highest BCUT2D eigenvalue weighted by Crippen LogP contribution is 2.19. The molecule has 1 heterocycles. The van der Waals surface area contributed by atoms with Gasteiger partial charge in [0.15, 0.2) is 0 Å². The summed E-state index contributed by atoms with van der Waals surface area (Å²) >= 11 is 0. The van der Waals surface area contributed by atoms with E-state index in [4.69, 9.17) is 5.26 Å². The molecule has 2 rings (SSSR count). The Labute approximate surface area is 94.2 Å². The van der Waals surface area contributed by atoms with Gasteiger partial charge < -0.3 is 0 Å². The van der Waals surface area contributed by atoms with Crippen LogP contribution in [0.25, 0.3) is 5.69 Å². The van der Waals surface area contributed by atoms with E-state index in [-0.39, 0.29) is 0 Å². The van der Waals surface area contributed by atoms with Crippen LogP contribution in [-0.2, 0) is 0 Å². The zero-order valence-electron chi connectivity index (χ0n) is 9.52. The Morgan fingerprint density at radius 2 is 2.00 bits per heavy atom. The van der Waals surface area contributed by atoms with Crippen molar-refractivity contribution in [3.63, 3.8) is 0 Å². The van der Waals surface area contributed by atoms with Crippen molar-refractivity contribution >= 4 is 0 Å². The fraction of sp³-hybridized carbons (Fsp3) is 0.250. The zero-order chi connectivity index (χ0) is 11.7. The van der Waals surface area contributed by atoms with E-state index < -0.39 is 0 Å². The topological polar surface area (TPSA) is 54.5 Å². The summed E-state index contributed by atoms with van der Waals surface area (Å²) in [5.74, 6) is 1.51. The molecule has 0 aliphatic rings. The first-order valence-corrected chi connectivity index (χ1v) is 5.04. The lowest BCUT2D eigenvalue weighted by Crippen LogP contribution is -2.04. The predicted molar refractivity (Wildman–Crippen MR) is 60.3 cm³/mol. The van der Waals surface area contributed by atoms with Gasteiger partial charge in [-0.05, 0) is 32.4 Å². The third-order valence-corrected chi connectivity index (χ3v) is 2.44. The van der Waals surface area contributed by atoms with E-state index in [0.717, 1.165) is 17.1 Å². The molecule has 80 valence electrons. The zero-order valence-corrected chi connectivity index (χ0v) is 9.52. The molecule has 4 nitrogen and oxygen atoms in total. The number of para-hydroxylation sites is 1. The summed E-state index contributed by atoms with van der Waals surface area (Å²) in [6.45, 7) is 5.69. The number of rotatable bonds is 1. The second-order valence-corrected chi connectivity index (χ2v) is 3.70. The first kappa shape index (κ1) is 10.4. The fourth-order valence-corrected chi connectivity index (χ4v) is 1.76. The molecule has 2 aromatic rings. The molecule has 0 bridgehead atoms. The summed E-state index contributed by atoms with van der Waals surface area (Å²) in [6, 6.07) is 7.81. The smallest absolute Gasteiger partial charge is 0.148 e. The summed E-state index contributed by atoms with van der Waals surface area (Å²) in [5.41, 5.74) is 2.46. The molecule has 0 radical (unpaired) electrons. The third kappa shape index (κ3) is 1.57. The highest BCUT2D eigenvalue weighted by Gasteiger charge is 2.11. The van der Waals surface area contributed by atoms with E-state index in [1.54, 1.807) is 10.7 Å². The first-order valence-electron chi connectivity index (χ1n) is 5.04. The van der Waals surface area contributed by atoms with E-state index in [2.05, 4.69) is 16.2 Å². The molecule has 0 atom stereocenters. The van der Waals surface area contributed by atoms with E-state index >= 15 is 0 Å². The molecule has 0 saturated carbocycles. The maximum atomic E-state index is 9.09. The summed E-state index contributed by atoms with van der Waals surface area (Å²) in [7, 11) is 0. The van der Waals surface area contributed by atoms with Gasteiger partial charge >= 0.3 is 0 Å². The minimum atomic E-state index is 0.619. The summed E-state index contributed by atoms with van der Waals surface area (Å²) in [6.07, 6.45) is 0. The summed E-state index contributed by atoms with van der Waals surface area (Å²) in [4.78, 5) is 4.25. The molecule has 0 fully saturated rings. The number of nitriles is 1. The Bertz CT molecular complexity index is 575. The van der Waals surface area contributed by atoms with Crippen molar-refractivity contribution in [2.24, 2.45) is 0 Å². The van der Waals surface area contributed by atoms with Gasteiger partial charge in [0.05, 0.1) is 11.3 Å². The highest BCUT2D eigenvalue weighted by molar-refractivity contribution is 5.53. The Hall–Kier alpha value is -2.15. The van der Waals surface area contributed by atoms with Crippen molar-refractivity contribution in [1.29, 1.82) is 5.26 Å². The van der Waals surface area contributed by atoms with Gasteiger partial charge in [0.25, 0.3) is 0 Å². The number of nitrogens with zero attached hydrogens (tertiary/aromatic N) is 4. The maximum Gasteiger partial charge on any atom is 0.148 e. The van der Waals surface area contributed by atoms with Gasteiger partial charge in [0.2, 0.25) is 0 Å². The van der Waals surface area contributed by atoms with Crippen molar-refractivity contribution in [2.75, 3.05) is 0 Å². The van der Waals surface area contributed by atoms with Crippen LogP contribution in [0.1, 0.15) is 22.8 Å². The van der Waals surface area contributed by atoms with Crippen LogP contribution in [0.2, 0.25) is 0 Å². The van der Waals surface area contributed by atoms with Crippen molar-refractivity contribution in [1.82, 2.24) is 14.8 Å². The van der Waals surface area contributed by atoms with Gasteiger partial charge in [-0.25, -0.2) is 9.67 Å². The molecule has 0 unspecified atom stereocenters. The van der Waals surface area contributed by atoms with Crippen LogP contribution in [0.3, 0.4) is 0 Å². The van der Waals surface area contributed by atoms with Gasteiger partial charge in [-0.1, -0.05) is 12.1 Å². The molecule has 4 heteroatoms. The second-order valence-electron chi connectivity index (χ2n) is 3.70. The van der Waals surface area contributed by atoms with Crippen molar-refractivity contribution in [2.45, 2.75) is 20.8 Å². The van der Waals surface area contributed by atoms with E-state index in [1.165, 1.54) is 0 Å². The van der Waals surface area contributed by atoms with Crippen LogP contribution in [0.4, 0.5) is 0 Å². The lowest BCUT2D eigenvalue weighted by atomic mass is 10.1. The normalized spacial score (nSPS) is 10.1. The molecular formula is C12H12N4. The first-order chi connectivity index (χ1) is 7.63. The van der Waals surface area contributed by atoms with Gasteiger partial charge in [0, 0.05) is 0 Å². The third-order valence-electron chi connectivity index (χ3n) is 2.44. The number of aryl methyl sites for hydroxylation is 3. The number of hydrogen-bond acceptors (Lipinski definition) is 3. The average molecular weight is 212 g/mol. The standard InChI is InChI=1S/C12H12N4/c1-8-5-4-6-11(7-13)12(8)16-10(3)14-9(2)15-16/h4-6H,1-3H3. The second kappa shape index (κ2) is 3.78. The minimum absolute atomic E-state index is 0.619. The molecule has 1 aromatic carbocycles. The van der Waals surface area contributed by atoms with Crippen LogP contribution in [0.15, 0.2) is 18.2 Å². The largest absolute Gasteiger partial charge is 0.217 e. The van der Waals surface area contributed by atoms with E-state index in [9.17, 15) is 0 Å². The number of aromatic nitrogens is 3. The lowest BCUT2D eigenvalue weighted by Gasteiger charge is -2.08. The van der Waals surface area contributed by atoms with Gasteiger partial charge in [0.1, 0.15) is 17.7 Å². The molecule has 0 aliphatic carbocycles. The SMILES string of the molecule is Cc1nc(C)n(-c2c(C)cccc2C#N)n1. The quantitative estimate of drug-likeness (QED) is 0.727. The van der Waals surface area contributed by atoms with Crippen LogP contribution >= 0.6 is 0 Å². The molecular weight excluding hydrogens is 200 g/mol. The van der Waals surface area contributed by atoms with Crippen molar-refractivity contribution in [3.8, 4) is 11.8 Å². The fourth-order valence-electron chi connectivity index (χ4n) is 1.76. The van der Waals surface area contributed by atoms with Crippen LogP contribution in [0.5, 0.6) is 0 Å². The molecule has 0 N–H and O–H groups in total. The monoisotopic (exact) mass is 212 g/mol. The Kier molecular flexibility index (Phi) is 2.45. The summed E-state index contributed by atoms with van der Waals surface area (Å²) < 4.78 is 1.73. The van der Waals surface area contributed by atoms with Crippen LogP contribution in [0, 0.1) is 32.1 Å². The average Bonchev–Trinajstić information content (AvgIpc) is 2.57. The Morgan fingerprint density at radius 3 is 2.56 bits per heavy atom. The number of benzene rings is 1. The van der Waals surface area contributed by atoms with Gasteiger partial charge in [-0.15, -0.1) is 0 Å². The summed E-state index contributed by atoms with van der Waals surface area (Å²) in [5, 5.41) is 13.4. The Morgan fingerprint density at radius 1 is 1.25 bits per heavy atom. The molecule has 1 aromatic heterocycles. The van der Waals surface area contributed by atoms with E-state index in [0.29, 0.717) is 11.4 Å². The number of hydrogen-bond donors (Lipinski definition) is 0. The molecule has 0 saturated heterocycles. The van der Waals surface area contributed by atoms with Gasteiger partial charge in [-0.2, -0.15) is 10.4 Å². The predicted octanol–water partition coefficient (Wildman–Crippen LogP) is 2.06.